The lowest BCUT2D eigenvalue weighted by molar-refractivity contribution is -0.139. The van der Waals surface area contributed by atoms with Crippen molar-refractivity contribution in [2.45, 2.75) is 24.3 Å². The Morgan fingerprint density at radius 1 is 0.769 bits per heavy atom. The number of benzene rings is 2. The normalized spacial score (nSPS) is 11.8. The molecule has 0 radical (unpaired) electrons. The zero-order chi connectivity index (χ0) is 20.1. The Kier molecular flexibility index (Phi) is 8.26. The third-order valence-corrected chi connectivity index (χ3v) is 4.41. The van der Waals surface area contributed by atoms with E-state index in [9.17, 15) is 26.3 Å². The van der Waals surface area contributed by atoms with Crippen molar-refractivity contribution < 1.29 is 31.4 Å². The van der Waals surface area contributed by atoms with Crippen molar-refractivity contribution in [2.24, 2.45) is 0 Å². The molecule has 0 spiro atoms. The molecule has 0 saturated heterocycles. The number of hydrogen-bond donors (Lipinski definition) is 1. The van der Waals surface area contributed by atoms with Gasteiger partial charge in [0.1, 0.15) is 0 Å². The summed E-state index contributed by atoms with van der Waals surface area (Å²) in [7, 11) is 0. The van der Waals surface area contributed by atoms with Gasteiger partial charge in [-0.15, -0.1) is 0 Å². The number of rotatable bonds is 2. The van der Waals surface area contributed by atoms with Gasteiger partial charge < -0.3 is 5.11 Å². The van der Waals surface area contributed by atoms with Crippen molar-refractivity contribution in [1.29, 1.82) is 0 Å². The Labute approximate surface area is 163 Å². The van der Waals surface area contributed by atoms with E-state index in [-0.39, 0.29) is 26.5 Å². The molecule has 0 amide bonds. The molecule has 0 aliphatic rings. The second-order valence-corrected chi connectivity index (χ2v) is 6.19. The Hall–Kier alpha value is -0.960. The molecule has 2 aromatic rings. The van der Waals surface area contributed by atoms with Crippen LogP contribution in [-0.2, 0) is 24.3 Å². The van der Waals surface area contributed by atoms with Crippen LogP contribution in [0.4, 0.5) is 26.3 Å². The average molecular weight is 484 g/mol. The molecule has 0 saturated carbocycles. The van der Waals surface area contributed by atoms with Crippen molar-refractivity contribution in [3.05, 3.63) is 68.7 Å². The monoisotopic (exact) mass is 482 g/mol. The number of hydrogen-bond acceptors (Lipinski definition) is 1. The van der Waals surface area contributed by atoms with Crippen molar-refractivity contribution in [1.82, 2.24) is 0 Å². The molecule has 0 unspecified atom stereocenters. The molecule has 2 rings (SSSR count). The maximum absolute atomic E-state index is 12.3. The summed E-state index contributed by atoms with van der Waals surface area (Å²) in [6.07, 6.45) is -8.81. The van der Waals surface area contributed by atoms with Gasteiger partial charge >= 0.3 is 12.4 Å². The van der Waals surface area contributed by atoms with Crippen LogP contribution in [0.25, 0.3) is 0 Å². The van der Waals surface area contributed by atoms with E-state index < -0.39 is 30.1 Å². The molecule has 144 valence electrons. The van der Waals surface area contributed by atoms with E-state index in [4.69, 9.17) is 28.3 Å². The standard InChI is InChI=1S/C8H5BrClF3.C8H6ClF3O/c9-4-5-6(8(11,12)13)2-1-3-7(5)10;9-7-3-1-2-6(5(7)4-13)8(10,11)12/h1-3H,4H2;1-3,13H,4H2. The lowest BCUT2D eigenvalue weighted by atomic mass is 10.1. The summed E-state index contributed by atoms with van der Waals surface area (Å²) >= 11 is 14.0. The largest absolute Gasteiger partial charge is 0.416 e. The van der Waals surface area contributed by atoms with E-state index in [1.165, 1.54) is 24.3 Å². The molecule has 0 bridgehead atoms. The van der Waals surface area contributed by atoms with E-state index in [1.54, 1.807) is 0 Å². The molecule has 10 heteroatoms. The highest BCUT2D eigenvalue weighted by Gasteiger charge is 2.34. The molecule has 1 N–H and O–H groups in total. The van der Waals surface area contributed by atoms with Gasteiger partial charge in [0.25, 0.3) is 0 Å². The highest BCUT2D eigenvalue weighted by Crippen LogP contribution is 2.36. The van der Waals surface area contributed by atoms with Crippen LogP contribution in [0.3, 0.4) is 0 Å². The summed E-state index contributed by atoms with van der Waals surface area (Å²) in [5.41, 5.74) is -1.77. The van der Waals surface area contributed by atoms with Crippen LogP contribution in [0.15, 0.2) is 36.4 Å². The smallest absolute Gasteiger partial charge is 0.392 e. The van der Waals surface area contributed by atoms with E-state index in [2.05, 4.69) is 15.9 Å². The first-order valence-electron chi connectivity index (χ1n) is 6.79. The highest BCUT2D eigenvalue weighted by molar-refractivity contribution is 9.08. The summed E-state index contributed by atoms with van der Waals surface area (Å²) in [5, 5.41) is 8.84. The topological polar surface area (TPSA) is 20.2 Å². The molecule has 0 fully saturated rings. The number of alkyl halides is 7. The SMILES string of the molecule is FC(F)(F)c1cccc(Cl)c1CBr.OCc1c(Cl)cccc1C(F)(F)F. The zero-order valence-corrected chi connectivity index (χ0v) is 15.8. The fraction of sp³-hybridized carbons (Fsp3) is 0.250. The molecule has 0 heterocycles. The molecule has 0 aliphatic carbocycles. The molecule has 1 nitrogen and oxygen atoms in total. The second kappa shape index (κ2) is 9.30. The van der Waals surface area contributed by atoms with E-state index >= 15 is 0 Å². The van der Waals surface area contributed by atoms with Gasteiger partial charge in [-0.3, -0.25) is 0 Å². The molecule has 2 aromatic carbocycles. The molecule has 0 atom stereocenters. The predicted octanol–water partition coefficient (Wildman–Crippen LogP) is 7.10. The Morgan fingerprint density at radius 2 is 1.15 bits per heavy atom. The van der Waals surface area contributed by atoms with Gasteiger partial charge in [-0.2, -0.15) is 26.3 Å². The van der Waals surface area contributed by atoms with Crippen molar-refractivity contribution in [3.63, 3.8) is 0 Å². The molecular weight excluding hydrogens is 473 g/mol. The number of aliphatic hydroxyl groups excluding tert-OH is 1. The molecule has 26 heavy (non-hydrogen) atoms. The minimum Gasteiger partial charge on any atom is -0.392 e. The second-order valence-electron chi connectivity index (χ2n) is 4.82. The first-order chi connectivity index (χ1) is 11.9. The third-order valence-electron chi connectivity index (χ3n) is 3.14. The van der Waals surface area contributed by atoms with Gasteiger partial charge in [0.05, 0.1) is 17.7 Å². The van der Waals surface area contributed by atoms with E-state index in [0.29, 0.717) is 0 Å². The quantitative estimate of drug-likeness (QED) is 0.356. The van der Waals surface area contributed by atoms with Crippen LogP contribution >= 0.6 is 39.1 Å². The first kappa shape index (κ1) is 23.1. The van der Waals surface area contributed by atoms with Crippen LogP contribution in [0.5, 0.6) is 0 Å². The zero-order valence-electron chi connectivity index (χ0n) is 12.7. The highest BCUT2D eigenvalue weighted by atomic mass is 79.9. The van der Waals surface area contributed by atoms with Crippen LogP contribution in [0.1, 0.15) is 22.3 Å². The minimum absolute atomic E-state index is 0.0719. The lowest BCUT2D eigenvalue weighted by Gasteiger charge is -2.11. The molecular formula is C16H11BrCl2F6O. The first-order valence-corrected chi connectivity index (χ1v) is 8.67. The molecule has 0 aliphatic heterocycles. The summed E-state index contributed by atoms with van der Waals surface area (Å²) in [5.74, 6) is 0. The van der Waals surface area contributed by atoms with Crippen LogP contribution in [-0.4, -0.2) is 5.11 Å². The van der Waals surface area contributed by atoms with Crippen molar-refractivity contribution in [3.8, 4) is 0 Å². The van der Waals surface area contributed by atoms with Gasteiger partial charge in [-0.1, -0.05) is 51.3 Å². The summed E-state index contributed by atoms with van der Waals surface area (Å²) in [6, 6.07) is 7.14. The van der Waals surface area contributed by atoms with Gasteiger partial charge in [0.2, 0.25) is 0 Å². The van der Waals surface area contributed by atoms with Crippen molar-refractivity contribution in [2.75, 3.05) is 0 Å². The van der Waals surface area contributed by atoms with E-state index in [0.717, 1.165) is 12.1 Å². The maximum atomic E-state index is 12.3. The van der Waals surface area contributed by atoms with Crippen molar-refractivity contribution >= 4 is 39.1 Å². The average Bonchev–Trinajstić information content (AvgIpc) is 2.53. The van der Waals surface area contributed by atoms with Crippen LogP contribution < -0.4 is 0 Å². The van der Waals surface area contributed by atoms with E-state index in [1.807, 2.05) is 0 Å². The summed E-state index contributed by atoms with van der Waals surface area (Å²) in [6.45, 7) is -0.714. The third kappa shape index (κ3) is 6.04. The Bertz CT molecular complexity index is 683. The van der Waals surface area contributed by atoms with Crippen LogP contribution in [0, 0.1) is 0 Å². The van der Waals surface area contributed by atoms with Gasteiger partial charge in [-0.25, -0.2) is 0 Å². The summed E-state index contributed by atoms with van der Waals surface area (Å²) in [4.78, 5) is 0. The fourth-order valence-electron chi connectivity index (χ4n) is 1.94. The van der Waals surface area contributed by atoms with Gasteiger partial charge in [0.15, 0.2) is 0 Å². The van der Waals surface area contributed by atoms with Gasteiger partial charge in [-0.05, 0) is 29.8 Å². The summed E-state index contributed by atoms with van der Waals surface area (Å²) < 4.78 is 73.7. The minimum atomic E-state index is -4.47. The predicted molar refractivity (Wildman–Crippen MR) is 91.5 cm³/mol. The maximum Gasteiger partial charge on any atom is 0.416 e. The molecule has 0 aromatic heterocycles. The van der Waals surface area contributed by atoms with Gasteiger partial charge in [0, 0.05) is 20.9 Å². The van der Waals surface area contributed by atoms with Crippen LogP contribution in [0.2, 0.25) is 10.0 Å². The lowest BCUT2D eigenvalue weighted by Crippen LogP contribution is -2.09. The Morgan fingerprint density at radius 3 is 1.42 bits per heavy atom. The Balaban J connectivity index is 0.000000260. The number of aliphatic hydroxyl groups is 1. The number of halogens is 9. The fourth-order valence-corrected chi connectivity index (χ4v) is 3.19.